The van der Waals surface area contributed by atoms with E-state index in [0.717, 1.165) is 22.5 Å². The van der Waals surface area contributed by atoms with E-state index in [4.69, 9.17) is 4.74 Å². The molecular weight excluding hydrogens is 338 g/mol. The van der Waals surface area contributed by atoms with E-state index in [-0.39, 0.29) is 5.91 Å². The van der Waals surface area contributed by atoms with Crippen LogP contribution in [-0.2, 0) is 11.3 Å². The molecule has 5 nitrogen and oxygen atoms in total. The molecule has 1 unspecified atom stereocenters. The molecule has 0 saturated heterocycles. The second-order valence-corrected chi connectivity index (χ2v) is 6.48. The second kappa shape index (κ2) is 8.45. The van der Waals surface area contributed by atoms with Crippen molar-refractivity contribution in [2.75, 3.05) is 0 Å². The zero-order chi connectivity index (χ0) is 19.2. The number of ether oxygens (including phenoxy) is 1. The van der Waals surface area contributed by atoms with E-state index in [1.807, 2.05) is 68.4 Å². The SMILES string of the molecule is Cc1ccc(OC(C)C(=O)NCc2cc(-c3ccccc3)ncn2)cc1C. The molecule has 1 N–H and O–H groups in total. The van der Waals surface area contributed by atoms with Gasteiger partial charge in [-0.1, -0.05) is 36.4 Å². The molecule has 0 aliphatic carbocycles. The molecule has 27 heavy (non-hydrogen) atoms. The molecule has 0 spiro atoms. The number of carbonyl (C=O) groups excluding carboxylic acids is 1. The fourth-order valence-corrected chi connectivity index (χ4v) is 2.63. The molecule has 138 valence electrons. The molecule has 0 aliphatic rings. The number of amides is 1. The summed E-state index contributed by atoms with van der Waals surface area (Å²) in [6.45, 7) is 6.12. The van der Waals surface area contributed by atoms with Gasteiger partial charge in [0.25, 0.3) is 5.91 Å². The normalized spacial score (nSPS) is 11.7. The van der Waals surface area contributed by atoms with Crippen LogP contribution in [0.4, 0.5) is 0 Å². The van der Waals surface area contributed by atoms with Crippen molar-refractivity contribution in [1.82, 2.24) is 15.3 Å². The van der Waals surface area contributed by atoms with E-state index in [1.54, 1.807) is 6.92 Å². The van der Waals surface area contributed by atoms with Gasteiger partial charge in [-0.25, -0.2) is 9.97 Å². The lowest BCUT2D eigenvalue weighted by Crippen LogP contribution is -2.36. The number of nitrogens with one attached hydrogen (secondary N) is 1. The Morgan fingerprint density at radius 2 is 1.81 bits per heavy atom. The van der Waals surface area contributed by atoms with Crippen molar-refractivity contribution in [3.05, 3.63) is 77.7 Å². The summed E-state index contributed by atoms with van der Waals surface area (Å²) < 4.78 is 5.75. The Bertz CT molecular complexity index is 926. The average molecular weight is 361 g/mol. The van der Waals surface area contributed by atoms with E-state index in [1.165, 1.54) is 11.9 Å². The van der Waals surface area contributed by atoms with Crippen LogP contribution in [0.15, 0.2) is 60.9 Å². The first kappa shape index (κ1) is 18.6. The monoisotopic (exact) mass is 361 g/mol. The van der Waals surface area contributed by atoms with E-state index in [9.17, 15) is 4.79 Å². The minimum atomic E-state index is -0.595. The fraction of sp³-hybridized carbons (Fsp3) is 0.227. The second-order valence-electron chi connectivity index (χ2n) is 6.48. The summed E-state index contributed by atoms with van der Waals surface area (Å²) in [5.41, 5.74) is 4.91. The summed E-state index contributed by atoms with van der Waals surface area (Å²) in [5, 5.41) is 2.87. The molecule has 0 aliphatic heterocycles. The minimum Gasteiger partial charge on any atom is -0.481 e. The van der Waals surface area contributed by atoms with Gasteiger partial charge in [0.2, 0.25) is 0 Å². The van der Waals surface area contributed by atoms with Gasteiger partial charge in [-0.2, -0.15) is 0 Å². The van der Waals surface area contributed by atoms with Gasteiger partial charge in [-0.3, -0.25) is 4.79 Å². The molecule has 3 aromatic rings. The Balaban J connectivity index is 1.59. The first-order chi connectivity index (χ1) is 13.0. The molecule has 2 aromatic carbocycles. The van der Waals surface area contributed by atoms with Crippen molar-refractivity contribution in [3.63, 3.8) is 0 Å². The smallest absolute Gasteiger partial charge is 0.261 e. The topological polar surface area (TPSA) is 64.1 Å². The van der Waals surface area contributed by atoms with Crippen molar-refractivity contribution < 1.29 is 9.53 Å². The highest BCUT2D eigenvalue weighted by molar-refractivity contribution is 5.80. The van der Waals surface area contributed by atoms with Crippen LogP contribution in [0.25, 0.3) is 11.3 Å². The van der Waals surface area contributed by atoms with Crippen molar-refractivity contribution in [2.24, 2.45) is 0 Å². The third kappa shape index (κ3) is 4.91. The van der Waals surface area contributed by atoms with Crippen LogP contribution in [0, 0.1) is 13.8 Å². The fourth-order valence-electron chi connectivity index (χ4n) is 2.63. The highest BCUT2D eigenvalue weighted by Gasteiger charge is 2.15. The van der Waals surface area contributed by atoms with Gasteiger partial charge >= 0.3 is 0 Å². The maximum absolute atomic E-state index is 12.3. The first-order valence-corrected chi connectivity index (χ1v) is 8.91. The Morgan fingerprint density at radius 1 is 1.04 bits per heavy atom. The zero-order valence-electron chi connectivity index (χ0n) is 15.8. The molecule has 1 atom stereocenters. The summed E-state index contributed by atoms with van der Waals surface area (Å²) in [6, 6.07) is 17.6. The highest BCUT2D eigenvalue weighted by Crippen LogP contribution is 2.18. The van der Waals surface area contributed by atoms with E-state index in [2.05, 4.69) is 15.3 Å². The van der Waals surface area contributed by atoms with E-state index >= 15 is 0 Å². The number of hydrogen-bond acceptors (Lipinski definition) is 4. The molecular formula is C22H23N3O2. The summed E-state index contributed by atoms with van der Waals surface area (Å²) >= 11 is 0. The lowest BCUT2D eigenvalue weighted by molar-refractivity contribution is -0.127. The number of aryl methyl sites for hydroxylation is 2. The van der Waals surface area contributed by atoms with Crippen LogP contribution >= 0.6 is 0 Å². The molecule has 1 heterocycles. The number of aromatic nitrogens is 2. The predicted octanol–water partition coefficient (Wildman–Crippen LogP) is 3.84. The molecule has 0 fully saturated rings. The largest absolute Gasteiger partial charge is 0.481 e. The van der Waals surface area contributed by atoms with Crippen LogP contribution < -0.4 is 10.1 Å². The van der Waals surface area contributed by atoms with Crippen molar-refractivity contribution in [2.45, 2.75) is 33.4 Å². The number of carbonyl (C=O) groups is 1. The molecule has 0 radical (unpaired) electrons. The van der Waals surface area contributed by atoms with Crippen LogP contribution in [0.2, 0.25) is 0 Å². The van der Waals surface area contributed by atoms with Gasteiger partial charge in [0.1, 0.15) is 12.1 Å². The Kier molecular flexibility index (Phi) is 5.81. The van der Waals surface area contributed by atoms with Crippen molar-refractivity contribution >= 4 is 5.91 Å². The summed E-state index contributed by atoms with van der Waals surface area (Å²) in [5.74, 6) is 0.502. The van der Waals surface area contributed by atoms with E-state index < -0.39 is 6.10 Å². The van der Waals surface area contributed by atoms with Gasteiger partial charge in [0.15, 0.2) is 6.10 Å². The van der Waals surface area contributed by atoms with E-state index in [0.29, 0.717) is 12.3 Å². The number of rotatable bonds is 6. The standard InChI is InChI=1S/C22H23N3O2/c1-15-9-10-20(11-16(15)2)27-17(3)22(26)23-13-19-12-21(25-14-24-19)18-7-5-4-6-8-18/h4-12,14,17H,13H2,1-3H3,(H,23,26). The maximum Gasteiger partial charge on any atom is 0.261 e. The third-order valence-corrected chi connectivity index (χ3v) is 4.40. The Hall–Kier alpha value is -3.21. The van der Waals surface area contributed by atoms with Crippen LogP contribution in [0.5, 0.6) is 5.75 Å². The predicted molar refractivity (Wildman–Crippen MR) is 105 cm³/mol. The average Bonchev–Trinajstić information content (AvgIpc) is 2.70. The van der Waals surface area contributed by atoms with Gasteiger partial charge in [-0.15, -0.1) is 0 Å². The number of benzene rings is 2. The van der Waals surface area contributed by atoms with Gasteiger partial charge in [-0.05, 0) is 50.1 Å². The Labute approximate surface area is 159 Å². The van der Waals surface area contributed by atoms with Crippen LogP contribution in [-0.4, -0.2) is 22.0 Å². The summed E-state index contributed by atoms with van der Waals surface area (Å²) in [6.07, 6.45) is 0.918. The lowest BCUT2D eigenvalue weighted by atomic mass is 10.1. The summed E-state index contributed by atoms with van der Waals surface area (Å²) in [7, 11) is 0. The quantitative estimate of drug-likeness (QED) is 0.724. The lowest BCUT2D eigenvalue weighted by Gasteiger charge is -2.15. The molecule has 0 bridgehead atoms. The number of nitrogens with zero attached hydrogens (tertiary/aromatic N) is 2. The van der Waals surface area contributed by atoms with Gasteiger partial charge < -0.3 is 10.1 Å². The molecule has 1 aromatic heterocycles. The minimum absolute atomic E-state index is 0.187. The molecule has 1 amide bonds. The maximum atomic E-state index is 12.3. The zero-order valence-corrected chi connectivity index (χ0v) is 15.8. The Morgan fingerprint density at radius 3 is 2.56 bits per heavy atom. The molecule has 3 rings (SSSR count). The molecule has 5 heteroatoms. The highest BCUT2D eigenvalue weighted by atomic mass is 16.5. The third-order valence-electron chi connectivity index (χ3n) is 4.40. The molecule has 0 saturated carbocycles. The van der Waals surface area contributed by atoms with Gasteiger partial charge in [0, 0.05) is 5.56 Å². The van der Waals surface area contributed by atoms with Crippen molar-refractivity contribution in [3.8, 4) is 17.0 Å². The van der Waals surface area contributed by atoms with Crippen molar-refractivity contribution in [1.29, 1.82) is 0 Å². The van der Waals surface area contributed by atoms with Gasteiger partial charge in [0.05, 0.1) is 17.9 Å². The first-order valence-electron chi connectivity index (χ1n) is 8.91. The van der Waals surface area contributed by atoms with Crippen LogP contribution in [0.1, 0.15) is 23.7 Å². The number of hydrogen-bond donors (Lipinski definition) is 1. The summed E-state index contributed by atoms with van der Waals surface area (Å²) in [4.78, 5) is 20.9. The van der Waals surface area contributed by atoms with Crippen LogP contribution in [0.3, 0.4) is 0 Å².